The molecular formula is C25H34N2O4. The maximum absolute atomic E-state index is 13.5. The van der Waals surface area contributed by atoms with Crippen LogP contribution >= 0.6 is 0 Å². The maximum atomic E-state index is 13.5. The largest absolute Gasteiger partial charge is 0.493 e. The minimum atomic E-state index is 0.00768. The zero-order valence-electron chi connectivity index (χ0n) is 19.3. The van der Waals surface area contributed by atoms with E-state index in [0.717, 1.165) is 61.4 Å². The molecule has 0 aliphatic carbocycles. The highest BCUT2D eigenvalue weighted by atomic mass is 16.5. The van der Waals surface area contributed by atoms with E-state index in [2.05, 4.69) is 11.1 Å². The summed E-state index contributed by atoms with van der Waals surface area (Å²) in [6.07, 6.45) is 5.55. The van der Waals surface area contributed by atoms with Gasteiger partial charge in [0, 0.05) is 23.8 Å². The number of aromatic amines is 1. The topological polar surface area (TPSA) is 71.6 Å². The quantitative estimate of drug-likeness (QED) is 0.619. The molecule has 2 aromatic rings. The molecule has 6 heteroatoms. The third-order valence-electron chi connectivity index (χ3n) is 6.31. The summed E-state index contributed by atoms with van der Waals surface area (Å²) in [7, 11) is 3.27. The van der Waals surface area contributed by atoms with Crippen molar-refractivity contribution in [3.05, 3.63) is 46.3 Å². The van der Waals surface area contributed by atoms with Crippen molar-refractivity contribution in [3.8, 4) is 11.5 Å². The van der Waals surface area contributed by atoms with Crippen LogP contribution in [0.2, 0.25) is 0 Å². The van der Waals surface area contributed by atoms with E-state index in [9.17, 15) is 9.59 Å². The first-order valence-corrected chi connectivity index (χ1v) is 11.1. The normalized spacial score (nSPS) is 16.3. The predicted molar refractivity (Wildman–Crippen MR) is 121 cm³/mol. The minimum absolute atomic E-state index is 0.00768. The summed E-state index contributed by atoms with van der Waals surface area (Å²) < 4.78 is 10.8. The van der Waals surface area contributed by atoms with Gasteiger partial charge < -0.3 is 19.4 Å². The zero-order chi connectivity index (χ0) is 22.5. The Balaban J connectivity index is 1.79. The van der Waals surface area contributed by atoms with Gasteiger partial charge in [-0.3, -0.25) is 9.59 Å². The van der Waals surface area contributed by atoms with Crippen LogP contribution in [0.5, 0.6) is 11.5 Å². The number of benzene rings is 1. The number of Topliss-reactive ketones (excluding diaryl/α,β-unsaturated/α-hetero) is 1. The average molecular weight is 427 g/mol. The lowest BCUT2D eigenvalue weighted by atomic mass is 9.94. The maximum Gasteiger partial charge on any atom is 0.270 e. The van der Waals surface area contributed by atoms with E-state index in [4.69, 9.17) is 9.47 Å². The fraction of sp³-hybridized carbons (Fsp3) is 0.520. The second-order valence-corrected chi connectivity index (χ2v) is 8.26. The molecule has 3 rings (SSSR count). The molecule has 2 heterocycles. The van der Waals surface area contributed by atoms with Gasteiger partial charge in [-0.15, -0.1) is 0 Å². The molecule has 0 radical (unpaired) electrons. The van der Waals surface area contributed by atoms with Crippen molar-refractivity contribution in [3.63, 3.8) is 0 Å². The van der Waals surface area contributed by atoms with Crippen molar-refractivity contribution in [2.45, 2.75) is 65.3 Å². The number of ether oxygens (including phenoxy) is 2. The van der Waals surface area contributed by atoms with Crippen LogP contribution in [0.15, 0.2) is 18.2 Å². The fourth-order valence-corrected chi connectivity index (χ4v) is 4.77. The molecule has 1 N–H and O–H groups in total. The van der Waals surface area contributed by atoms with Gasteiger partial charge in [0.1, 0.15) is 5.69 Å². The number of hydrogen-bond acceptors (Lipinski definition) is 4. The van der Waals surface area contributed by atoms with Gasteiger partial charge in [-0.05, 0) is 75.6 Å². The molecule has 1 aliphatic heterocycles. The summed E-state index contributed by atoms with van der Waals surface area (Å²) in [5, 5.41) is 0. The molecule has 1 aromatic heterocycles. The van der Waals surface area contributed by atoms with Gasteiger partial charge in [0.25, 0.3) is 5.91 Å². The first-order valence-electron chi connectivity index (χ1n) is 11.1. The van der Waals surface area contributed by atoms with E-state index in [-0.39, 0.29) is 17.7 Å². The molecule has 0 bridgehead atoms. The number of likely N-dealkylation sites (tertiary alicyclic amines) is 1. The number of nitrogens with one attached hydrogen (secondary N) is 1. The second-order valence-electron chi connectivity index (χ2n) is 8.26. The lowest BCUT2D eigenvalue weighted by Crippen LogP contribution is -2.44. The van der Waals surface area contributed by atoms with E-state index in [1.807, 2.05) is 30.9 Å². The lowest BCUT2D eigenvalue weighted by Gasteiger charge is -2.36. The number of carbonyl (C=O) groups is 2. The van der Waals surface area contributed by atoms with Crippen LogP contribution in [0.25, 0.3) is 0 Å². The van der Waals surface area contributed by atoms with E-state index in [1.54, 1.807) is 21.1 Å². The van der Waals surface area contributed by atoms with Gasteiger partial charge in [-0.1, -0.05) is 13.0 Å². The number of nitrogens with zero attached hydrogens (tertiary/aromatic N) is 1. The Kier molecular flexibility index (Phi) is 7.42. The molecule has 1 aromatic carbocycles. The number of carbonyl (C=O) groups excluding carboxylic acids is 2. The van der Waals surface area contributed by atoms with E-state index in [1.165, 1.54) is 5.56 Å². The standard InChI is InChI=1S/C25H34N2O4/c1-6-20-23(17(3)28)16(2)26-24(20)25(29)27-14-8-7-9-19(27)12-10-18-11-13-21(30-4)22(15-18)31-5/h11,13,15,19,26H,6-10,12,14H2,1-5H3. The van der Waals surface area contributed by atoms with E-state index in [0.29, 0.717) is 17.7 Å². The molecule has 1 saturated heterocycles. The van der Waals surface area contributed by atoms with Crippen molar-refractivity contribution in [2.75, 3.05) is 20.8 Å². The van der Waals surface area contributed by atoms with Gasteiger partial charge in [0.2, 0.25) is 0 Å². The SMILES string of the molecule is CCc1c(C(=O)N2CCCCC2CCc2ccc(OC)c(OC)c2)[nH]c(C)c1C(C)=O. The Bertz CT molecular complexity index is 947. The number of amides is 1. The number of ketones is 1. The van der Waals surface area contributed by atoms with Gasteiger partial charge in [0.15, 0.2) is 17.3 Å². The molecule has 6 nitrogen and oxygen atoms in total. The number of rotatable bonds is 8. The highest BCUT2D eigenvalue weighted by Crippen LogP contribution is 2.30. The molecule has 1 unspecified atom stereocenters. The molecule has 0 spiro atoms. The fourth-order valence-electron chi connectivity index (χ4n) is 4.77. The Morgan fingerprint density at radius 1 is 1.16 bits per heavy atom. The summed E-state index contributed by atoms with van der Waals surface area (Å²) in [4.78, 5) is 30.9. The van der Waals surface area contributed by atoms with Crippen molar-refractivity contribution in [1.82, 2.24) is 9.88 Å². The lowest BCUT2D eigenvalue weighted by molar-refractivity contribution is 0.0595. The van der Waals surface area contributed by atoms with Gasteiger partial charge in [-0.25, -0.2) is 0 Å². The number of piperidine rings is 1. The molecular weight excluding hydrogens is 392 g/mol. The average Bonchev–Trinajstić information content (AvgIpc) is 3.13. The summed E-state index contributed by atoms with van der Waals surface area (Å²) in [6, 6.07) is 6.18. The van der Waals surface area contributed by atoms with Crippen LogP contribution in [-0.4, -0.2) is 48.4 Å². The molecule has 168 valence electrons. The Labute approximate surface area is 184 Å². The van der Waals surface area contributed by atoms with Crippen molar-refractivity contribution < 1.29 is 19.1 Å². The first-order chi connectivity index (χ1) is 14.9. The van der Waals surface area contributed by atoms with Crippen LogP contribution < -0.4 is 9.47 Å². The molecule has 1 amide bonds. The van der Waals surface area contributed by atoms with Gasteiger partial charge in [0.05, 0.1) is 14.2 Å². The van der Waals surface area contributed by atoms with Crippen LogP contribution in [0.1, 0.15) is 77.2 Å². The Morgan fingerprint density at radius 2 is 1.90 bits per heavy atom. The highest BCUT2D eigenvalue weighted by Gasteiger charge is 2.31. The van der Waals surface area contributed by atoms with E-state index >= 15 is 0 Å². The summed E-state index contributed by atoms with van der Waals surface area (Å²) in [6.45, 7) is 6.19. The predicted octanol–water partition coefficient (Wildman–Crippen LogP) is 4.73. The highest BCUT2D eigenvalue weighted by molar-refractivity contribution is 6.02. The Morgan fingerprint density at radius 3 is 2.55 bits per heavy atom. The van der Waals surface area contributed by atoms with Gasteiger partial charge in [-0.2, -0.15) is 0 Å². The number of aromatic nitrogens is 1. The number of H-pyrrole nitrogens is 1. The zero-order valence-corrected chi connectivity index (χ0v) is 19.3. The summed E-state index contributed by atoms with van der Waals surface area (Å²) in [5.74, 6) is 1.47. The molecule has 1 aliphatic rings. The van der Waals surface area contributed by atoms with Crippen LogP contribution in [0.3, 0.4) is 0 Å². The Hall–Kier alpha value is -2.76. The van der Waals surface area contributed by atoms with E-state index < -0.39 is 0 Å². The summed E-state index contributed by atoms with van der Waals surface area (Å²) in [5.41, 5.74) is 4.05. The van der Waals surface area contributed by atoms with Crippen LogP contribution in [-0.2, 0) is 12.8 Å². The van der Waals surface area contributed by atoms with Gasteiger partial charge >= 0.3 is 0 Å². The third kappa shape index (κ3) is 4.78. The molecule has 0 saturated carbocycles. The van der Waals surface area contributed by atoms with Crippen LogP contribution in [0.4, 0.5) is 0 Å². The molecule has 1 atom stereocenters. The third-order valence-corrected chi connectivity index (χ3v) is 6.31. The number of aryl methyl sites for hydroxylation is 2. The molecule has 31 heavy (non-hydrogen) atoms. The number of methoxy groups -OCH3 is 2. The van der Waals surface area contributed by atoms with Crippen molar-refractivity contribution in [2.24, 2.45) is 0 Å². The second kappa shape index (κ2) is 10.0. The minimum Gasteiger partial charge on any atom is -0.493 e. The first kappa shape index (κ1) is 22.9. The smallest absolute Gasteiger partial charge is 0.270 e. The van der Waals surface area contributed by atoms with Crippen LogP contribution in [0, 0.1) is 6.92 Å². The summed E-state index contributed by atoms with van der Waals surface area (Å²) >= 11 is 0. The molecule has 1 fully saturated rings. The van der Waals surface area contributed by atoms with Crippen molar-refractivity contribution in [1.29, 1.82) is 0 Å². The monoisotopic (exact) mass is 426 g/mol. The van der Waals surface area contributed by atoms with Crippen molar-refractivity contribution >= 4 is 11.7 Å². The number of hydrogen-bond donors (Lipinski definition) is 1.